The van der Waals surface area contributed by atoms with Gasteiger partial charge in [0.25, 0.3) is 5.91 Å². The summed E-state index contributed by atoms with van der Waals surface area (Å²) in [4.78, 5) is 28.6. The lowest BCUT2D eigenvalue weighted by Crippen LogP contribution is -2.49. The molecule has 0 aromatic heterocycles. The van der Waals surface area contributed by atoms with Gasteiger partial charge in [-0.15, -0.1) is 0 Å². The predicted octanol–water partition coefficient (Wildman–Crippen LogP) is 3.96. The minimum atomic E-state index is -0.399. The van der Waals surface area contributed by atoms with Crippen LogP contribution >= 0.6 is 0 Å². The van der Waals surface area contributed by atoms with Gasteiger partial charge in [-0.05, 0) is 50.8 Å². The number of carbonyl (C=O) groups is 2. The van der Waals surface area contributed by atoms with Gasteiger partial charge in [-0.25, -0.2) is 0 Å². The molecule has 2 amide bonds. The van der Waals surface area contributed by atoms with Crippen molar-refractivity contribution in [3.05, 3.63) is 70.8 Å². The number of hydrogen-bond donors (Lipinski definition) is 1. The van der Waals surface area contributed by atoms with Gasteiger partial charge in [0.2, 0.25) is 5.91 Å². The highest BCUT2D eigenvalue weighted by atomic mass is 16.2. The number of hydrogen-bond acceptors (Lipinski definition) is 2. The van der Waals surface area contributed by atoms with Crippen molar-refractivity contribution >= 4 is 11.8 Å². The van der Waals surface area contributed by atoms with Crippen molar-refractivity contribution in [3.8, 4) is 0 Å². The second-order valence-electron chi connectivity index (χ2n) is 8.03. The molecule has 0 bridgehead atoms. The van der Waals surface area contributed by atoms with Gasteiger partial charge < -0.3 is 10.2 Å². The van der Waals surface area contributed by atoms with E-state index in [2.05, 4.69) is 11.4 Å². The molecule has 1 saturated carbocycles. The molecule has 2 aromatic carbocycles. The number of nitrogens with zero attached hydrogens (tertiary/aromatic N) is 1. The maximum Gasteiger partial charge on any atom is 0.254 e. The predicted molar refractivity (Wildman–Crippen MR) is 106 cm³/mol. The lowest BCUT2D eigenvalue weighted by atomic mass is 9.78. The minimum Gasteiger partial charge on any atom is -0.353 e. The minimum absolute atomic E-state index is 0.0119. The van der Waals surface area contributed by atoms with E-state index in [1.807, 2.05) is 68.1 Å². The van der Waals surface area contributed by atoms with Gasteiger partial charge in [0.05, 0.1) is 12.0 Å². The fourth-order valence-corrected chi connectivity index (χ4v) is 4.17. The third-order valence-corrected chi connectivity index (χ3v) is 5.41. The zero-order valence-corrected chi connectivity index (χ0v) is 16.1. The van der Waals surface area contributed by atoms with Gasteiger partial charge in [-0.3, -0.25) is 9.59 Å². The van der Waals surface area contributed by atoms with Gasteiger partial charge >= 0.3 is 0 Å². The first-order valence-electron chi connectivity index (χ1n) is 9.76. The zero-order chi connectivity index (χ0) is 19.1. The summed E-state index contributed by atoms with van der Waals surface area (Å²) in [6, 6.07) is 15.8. The molecular weight excluding hydrogens is 336 g/mol. The van der Waals surface area contributed by atoms with Crippen LogP contribution in [-0.2, 0) is 4.79 Å². The van der Waals surface area contributed by atoms with Gasteiger partial charge in [-0.1, -0.05) is 48.0 Å². The summed E-state index contributed by atoms with van der Waals surface area (Å²) < 4.78 is 0. The van der Waals surface area contributed by atoms with E-state index in [-0.39, 0.29) is 29.9 Å². The van der Waals surface area contributed by atoms with Crippen LogP contribution in [0.2, 0.25) is 0 Å². The Bertz CT molecular complexity index is 885. The van der Waals surface area contributed by atoms with E-state index in [0.717, 1.165) is 29.5 Å². The Hall–Kier alpha value is -2.62. The van der Waals surface area contributed by atoms with Crippen LogP contribution in [-0.4, -0.2) is 28.8 Å². The Labute approximate surface area is 160 Å². The first-order valence-corrected chi connectivity index (χ1v) is 9.76. The first-order chi connectivity index (χ1) is 13.0. The number of fused-ring (bicyclic) bond motifs is 1. The lowest BCUT2D eigenvalue weighted by molar-refractivity contribution is -0.124. The van der Waals surface area contributed by atoms with Crippen LogP contribution in [0.25, 0.3) is 0 Å². The van der Waals surface area contributed by atoms with Crippen LogP contribution in [0.4, 0.5) is 0 Å². The van der Waals surface area contributed by atoms with E-state index in [4.69, 9.17) is 0 Å². The molecule has 1 fully saturated rings. The Morgan fingerprint density at radius 2 is 1.85 bits per heavy atom. The summed E-state index contributed by atoms with van der Waals surface area (Å²) in [5, 5.41) is 3.09. The van der Waals surface area contributed by atoms with E-state index in [0.29, 0.717) is 5.56 Å². The van der Waals surface area contributed by atoms with Gasteiger partial charge in [-0.2, -0.15) is 0 Å². The Balaban J connectivity index is 1.90. The summed E-state index contributed by atoms with van der Waals surface area (Å²) in [7, 11) is 0. The summed E-state index contributed by atoms with van der Waals surface area (Å²) in [6.45, 7) is 5.99. The van der Waals surface area contributed by atoms with Crippen molar-refractivity contribution in [2.24, 2.45) is 0 Å². The van der Waals surface area contributed by atoms with Crippen molar-refractivity contribution in [1.82, 2.24) is 10.2 Å². The number of rotatable bonds is 4. The van der Waals surface area contributed by atoms with Gasteiger partial charge in [0, 0.05) is 17.6 Å². The SMILES string of the molecule is Cc1cccc([C@H]2[C@@H](C(=O)NC(C)C)c3ccccc3C(=O)N2C2CC2)c1. The van der Waals surface area contributed by atoms with Crippen LogP contribution in [0.3, 0.4) is 0 Å². The quantitative estimate of drug-likeness (QED) is 0.895. The molecule has 1 heterocycles. The molecule has 0 spiro atoms. The lowest BCUT2D eigenvalue weighted by Gasteiger charge is -2.42. The fourth-order valence-electron chi connectivity index (χ4n) is 4.17. The Morgan fingerprint density at radius 1 is 1.11 bits per heavy atom. The summed E-state index contributed by atoms with van der Waals surface area (Å²) in [5.41, 5.74) is 3.67. The van der Waals surface area contributed by atoms with Crippen LogP contribution in [0.1, 0.15) is 65.7 Å². The second-order valence-corrected chi connectivity index (χ2v) is 8.03. The van der Waals surface area contributed by atoms with Crippen molar-refractivity contribution < 1.29 is 9.59 Å². The van der Waals surface area contributed by atoms with E-state index in [1.54, 1.807) is 0 Å². The number of aryl methyl sites for hydroxylation is 1. The average molecular weight is 362 g/mol. The molecule has 140 valence electrons. The van der Waals surface area contributed by atoms with Gasteiger partial charge in [0.1, 0.15) is 0 Å². The Morgan fingerprint density at radius 3 is 2.52 bits per heavy atom. The highest BCUT2D eigenvalue weighted by molar-refractivity contribution is 6.01. The maximum absolute atomic E-state index is 13.4. The van der Waals surface area contributed by atoms with Crippen molar-refractivity contribution in [2.45, 2.75) is 57.7 Å². The van der Waals surface area contributed by atoms with Gasteiger partial charge in [0.15, 0.2) is 0 Å². The van der Waals surface area contributed by atoms with Crippen LogP contribution in [0, 0.1) is 6.92 Å². The molecule has 0 radical (unpaired) electrons. The molecule has 1 N–H and O–H groups in total. The van der Waals surface area contributed by atoms with Crippen molar-refractivity contribution in [2.75, 3.05) is 0 Å². The molecule has 4 heteroatoms. The van der Waals surface area contributed by atoms with E-state index >= 15 is 0 Å². The highest BCUT2D eigenvalue weighted by Gasteiger charge is 2.49. The van der Waals surface area contributed by atoms with Crippen LogP contribution < -0.4 is 5.32 Å². The fraction of sp³-hybridized carbons (Fsp3) is 0.391. The highest BCUT2D eigenvalue weighted by Crippen LogP contribution is 2.47. The molecule has 4 rings (SSSR count). The number of benzene rings is 2. The molecule has 1 aliphatic heterocycles. The monoisotopic (exact) mass is 362 g/mol. The molecule has 0 saturated heterocycles. The number of carbonyl (C=O) groups excluding carboxylic acids is 2. The first kappa shape index (κ1) is 17.8. The van der Waals surface area contributed by atoms with Crippen molar-refractivity contribution in [1.29, 1.82) is 0 Å². The topological polar surface area (TPSA) is 49.4 Å². The standard InChI is InChI=1S/C23H26N2O2/c1-14(2)24-22(26)20-18-9-4-5-10-19(18)23(27)25(17-11-12-17)21(20)16-8-6-7-15(3)13-16/h4-10,13-14,17,20-21H,11-12H2,1-3H3,(H,24,26)/t20-,21-/m0/s1. The normalized spacial score (nSPS) is 21.9. The summed E-state index contributed by atoms with van der Waals surface area (Å²) in [5.74, 6) is -0.362. The third kappa shape index (κ3) is 3.25. The molecule has 2 aromatic rings. The molecule has 1 aliphatic carbocycles. The third-order valence-electron chi connectivity index (χ3n) is 5.41. The second kappa shape index (κ2) is 6.84. The molecule has 4 nitrogen and oxygen atoms in total. The zero-order valence-electron chi connectivity index (χ0n) is 16.1. The molecular formula is C23H26N2O2. The largest absolute Gasteiger partial charge is 0.353 e. The number of amides is 2. The molecule has 2 atom stereocenters. The van der Waals surface area contributed by atoms with E-state index < -0.39 is 5.92 Å². The van der Waals surface area contributed by atoms with Crippen LogP contribution in [0.5, 0.6) is 0 Å². The van der Waals surface area contributed by atoms with E-state index in [1.165, 1.54) is 0 Å². The molecule has 2 aliphatic rings. The average Bonchev–Trinajstić information content (AvgIpc) is 3.45. The Kier molecular flexibility index (Phi) is 4.50. The maximum atomic E-state index is 13.4. The summed E-state index contributed by atoms with van der Waals surface area (Å²) >= 11 is 0. The number of nitrogens with one attached hydrogen (secondary N) is 1. The van der Waals surface area contributed by atoms with E-state index in [9.17, 15) is 9.59 Å². The van der Waals surface area contributed by atoms with Crippen LogP contribution in [0.15, 0.2) is 48.5 Å². The molecule has 0 unspecified atom stereocenters. The summed E-state index contributed by atoms with van der Waals surface area (Å²) in [6.07, 6.45) is 2.02. The molecule has 27 heavy (non-hydrogen) atoms. The smallest absolute Gasteiger partial charge is 0.254 e. The van der Waals surface area contributed by atoms with Crippen molar-refractivity contribution in [3.63, 3.8) is 0 Å².